The van der Waals surface area contributed by atoms with Crippen molar-refractivity contribution in [3.63, 3.8) is 0 Å². The lowest BCUT2D eigenvalue weighted by molar-refractivity contribution is -0.151. The minimum atomic E-state index is -3.17. The van der Waals surface area contributed by atoms with Crippen LogP contribution >= 0.6 is 0 Å². The summed E-state index contributed by atoms with van der Waals surface area (Å²) in [7, 11) is -3.17. The van der Waals surface area contributed by atoms with E-state index in [1.807, 2.05) is 6.92 Å². The van der Waals surface area contributed by atoms with E-state index in [1.54, 1.807) is 4.90 Å². The Balaban J connectivity index is 1.95. The van der Waals surface area contributed by atoms with Crippen molar-refractivity contribution in [2.24, 2.45) is 5.92 Å². The van der Waals surface area contributed by atoms with Crippen LogP contribution in [0.15, 0.2) is 0 Å². The maximum absolute atomic E-state index is 12.6. The molecule has 7 nitrogen and oxygen atoms in total. The third-order valence-corrected chi connectivity index (χ3v) is 5.57. The molecule has 2 heterocycles. The minimum absolute atomic E-state index is 0.00626. The molecule has 2 unspecified atom stereocenters. The highest BCUT2D eigenvalue weighted by molar-refractivity contribution is 7.88. The number of hydrogen-bond donors (Lipinski definition) is 1. The van der Waals surface area contributed by atoms with E-state index in [2.05, 4.69) is 0 Å². The average Bonchev–Trinajstić information content (AvgIpc) is 2.46. The molecule has 1 amide bonds. The van der Waals surface area contributed by atoms with Crippen LogP contribution in [0.25, 0.3) is 0 Å². The van der Waals surface area contributed by atoms with Crippen molar-refractivity contribution in [1.29, 1.82) is 0 Å². The number of carbonyl (C=O) groups is 1. The summed E-state index contributed by atoms with van der Waals surface area (Å²) in [6.45, 7) is 3.47. The fraction of sp³-hybridized carbons (Fsp3) is 0.923. The molecule has 1 N–H and O–H groups in total. The second kappa shape index (κ2) is 6.60. The van der Waals surface area contributed by atoms with Gasteiger partial charge in [-0.2, -0.15) is 0 Å². The predicted molar refractivity (Wildman–Crippen MR) is 77.1 cm³/mol. The van der Waals surface area contributed by atoms with E-state index in [9.17, 15) is 18.3 Å². The maximum Gasteiger partial charge on any atom is 0.226 e. The molecule has 0 spiro atoms. The number of hydrogen-bond acceptors (Lipinski definition) is 5. The third-order valence-electron chi connectivity index (χ3n) is 4.26. The van der Waals surface area contributed by atoms with E-state index in [4.69, 9.17) is 4.74 Å². The van der Waals surface area contributed by atoms with Gasteiger partial charge in [0.2, 0.25) is 15.9 Å². The molecule has 0 aliphatic carbocycles. The number of ether oxygens (including phenoxy) is 1. The van der Waals surface area contributed by atoms with Gasteiger partial charge in [0.15, 0.2) is 0 Å². The highest BCUT2D eigenvalue weighted by Gasteiger charge is 2.35. The fourth-order valence-electron chi connectivity index (χ4n) is 2.90. The molecule has 2 atom stereocenters. The number of piperidine rings is 1. The van der Waals surface area contributed by atoms with Gasteiger partial charge in [0, 0.05) is 25.6 Å². The van der Waals surface area contributed by atoms with E-state index in [0.29, 0.717) is 39.1 Å². The predicted octanol–water partition coefficient (Wildman–Crippen LogP) is -0.734. The Kier molecular flexibility index (Phi) is 5.24. The Hall–Kier alpha value is -0.700. The largest absolute Gasteiger partial charge is 0.394 e. The van der Waals surface area contributed by atoms with Crippen molar-refractivity contribution in [3.8, 4) is 0 Å². The first-order valence-electron chi connectivity index (χ1n) is 7.31. The number of rotatable bonds is 3. The summed E-state index contributed by atoms with van der Waals surface area (Å²) in [5.41, 5.74) is 0. The minimum Gasteiger partial charge on any atom is -0.394 e. The molecule has 2 fully saturated rings. The molecule has 21 heavy (non-hydrogen) atoms. The second-order valence-corrected chi connectivity index (χ2v) is 7.90. The van der Waals surface area contributed by atoms with Crippen molar-refractivity contribution < 1.29 is 23.1 Å². The molecule has 2 aliphatic rings. The van der Waals surface area contributed by atoms with Gasteiger partial charge in [-0.15, -0.1) is 0 Å². The molecule has 0 aromatic carbocycles. The smallest absolute Gasteiger partial charge is 0.226 e. The Labute approximate surface area is 125 Å². The van der Waals surface area contributed by atoms with Crippen molar-refractivity contribution in [2.45, 2.75) is 31.9 Å². The van der Waals surface area contributed by atoms with Gasteiger partial charge in [-0.25, -0.2) is 12.7 Å². The number of sulfonamides is 1. The lowest BCUT2D eigenvalue weighted by atomic mass is 9.95. The molecule has 0 aromatic heterocycles. The number of aliphatic hydroxyl groups excluding tert-OH is 1. The maximum atomic E-state index is 12.6. The van der Waals surface area contributed by atoms with Gasteiger partial charge >= 0.3 is 0 Å². The van der Waals surface area contributed by atoms with Gasteiger partial charge in [-0.3, -0.25) is 4.79 Å². The Bertz CT molecular complexity index is 473. The highest BCUT2D eigenvalue weighted by atomic mass is 32.2. The summed E-state index contributed by atoms with van der Waals surface area (Å²) in [6, 6.07) is -0.00626. The Morgan fingerprint density at radius 2 is 1.95 bits per heavy atom. The van der Waals surface area contributed by atoms with Crippen LogP contribution in [0, 0.1) is 5.92 Å². The topological polar surface area (TPSA) is 87.2 Å². The molecule has 2 rings (SSSR count). The fourth-order valence-corrected chi connectivity index (χ4v) is 3.78. The molecule has 122 valence electrons. The van der Waals surface area contributed by atoms with Gasteiger partial charge in [-0.1, -0.05) is 0 Å². The molecule has 0 radical (unpaired) electrons. The van der Waals surface area contributed by atoms with E-state index in [0.717, 1.165) is 0 Å². The monoisotopic (exact) mass is 320 g/mol. The van der Waals surface area contributed by atoms with Crippen LogP contribution in [-0.4, -0.2) is 79.9 Å². The molecular formula is C13H24N2O5S. The number of carbonyl (C=O) groups excluding carboxylic acids is 1. The number of amides is 1. The van der Waals surface area contributed by atoms with Crippen LogP contribution in [0.1, 0.15) is 19.8 Å². The summed E-state index contributed by atoms with van der Waals surface area (Å²) in [5.74, 6) is -0.0831. The molecule has 0 saturated carbocycles. The summed E-state index contributed by atoms with van der Waals surface area (Å²) in [5, 5.41) is 9.18. The quantitative estimate of drug-likeness (QED) is 0.740. The van der Waals surface area contributed by atoms with Crippen LogP contribution in [-0.2, 0) is 19.6 Å². The number of morpholine rings is 1. The van der Waals surface area contributed by atoms with Crippen molar-refractivity contribution in [2.75, 3.05) is 39.1 Å². The van der Waals surface area contributed by atoms with Gasteiger partial charge in [-0.05, 0) is 19.8 Å². The van der Waals surface area contributed by atoms with Gasteiger partial charge in [0.1, 0.15) is 0 Å². The van der Waals surface area contributed by atoms with Gasteiger partial charge in [0.25, 0.3) is 0 Å². The highest BCUT2D eigenvalue weighted by Crippen LogP contribution is 2.24. The van der Waals surface area contributed by atoms with Gasteiger partial charge < -0.3 is 14.7 Å². The summed E-state index contributed by atoms with van der Waals surface area (Å²) >= 11 is 0. The molecule has 0 aromatic rings. The SMILES string of the molecule is CC1COC(CO)CN1C(=O)C1CCN(S(C)(=O)=O)CC1. The second-order valence-electron chi connectivity index (χ2n) is 5.91. The standard InChI is InChI=1S/C13H24N2O5S/c1-10-9-20-12(8-16)7-15(10)13(17)11-3-5-14(6-4-11)21(2,18)19/h10-12,16H,3-9H2,1-2H3. The lowest BCUT2D eigenvalue weighted by Gasteiger charge is -2.40. The van der Waals surface area contributed by atoms with E-state index in [-0.39, 0.29) is 30.6 Å². The lowest BCUT2D eigenvalue weighted by Crippen LogP contribution is -2.54. The average molecular weight is 320 g/mol. The summed E-state index contributed by atoms with van der Waals surface area (Å²) < 4.78 is 29.8. The molecule has 8 heteroatoms. The number of aliphatic hydroxyl groups is 1. The van der Waals surface area contributed by atoms with Crippen LogP contribution in [0.4, 0.5) is 0 Å². The van der Waals surface area contributed by atoms with E-state index < -0.39 is 10.0 Å². The Morgan fingerprint density at radius 1 is 1.33 bits per heavy atom. The molecular weight excluding hydrogens is 296 g/mol. The van der Waals surface area contributed by atoms with Crippen LogP contribution in [0.2, 0.25) is 0 Å². The zero-order valence-electron chi connectivity index (χ0n) is 12.6. The molecule has 0 bridgehead atoms. The molecule has 2 saturated heterocycles. The zero-order valence-corrected chi connectivity index (χ0v) is 13.4. The third kappa shape index (κ3) is 3.94. The summed E-state index contributed by atoms with van der Waals surface area (Å²) in [4.78, 5) is 14.4. The zero-order chi connectivity index (χ0) is 15.6. The molecule has 2 aliphatic heterocycles. The van der Waals surface area contributed by atoms with Gasteiger partial charge in [0.05, 0.1) is 31.6 Å². The first-order valence-corrected chi connectivity index (χ1v) is 9.15. The normalized spacial score (nSPS) is 29.6. The first-order chi connectivity index (χ1) is 9.82. The van der Waals surface area contributed by atoms with E-state index in [1.165, 1.54) is 10.6 Å². The first kappa shape index (κ1) is 16.7. The van der Waals surface area contributed by atoms with Crippen LogP contribution in [0.3, 0.4) is 0 Å². The van der Waals surface area contributed by atoms with Crippen molar-refractivity contribution >= 4 is 15.9 Å². The number of nitrogens with zero attached hydrogens (tertiary/aromatic N) is 2. The van der Waals surface area contributed by atoms with Crippen molar-refractivity contribution in [3.05, 3.63) is 0 Å². The van der Waals surface area contributed by atoms with E-state index >= 15 is 0 Å². The van der Waals surface area contributed by atoms with Crippen LogP contribution < -0.4 is 0 Å². The van der Waals surface area contributed by atoms with Crippen molar-refractivity contribution in [1.82, 2.24) is 9.21 Å². The Morgan fingerprint density at radius 3 is 2.48 bits per heavy atom. The summed E-state index contributed by atoms with van der Waals surface area (Å²) in [6.07, 6.45) is 1.99. The van der Waals surface area contributed by atoms with Crippen LogP contribution in [0.5, 0.6) is 0 Å².